The van der Waals surface area contributed by atoms with Crippen molar-refractivity contribution in [2.24, 2.45) is 0 Å². The van der Waals surface area contributed by atoms with Crippen LogP contribution in [0, 0.1) is 23.7 Å². The lowest BCUT2D eigenvalue weighted by molar-refractivity contribution is -0.143. The van der Waals surface area contributed by atoms with Gasteiger partial charge < -0.3 is 29.6 Å². The van der Waals surface area contributed by atoms with Crippen molar-refractivity contribution in [3.63, 3.8) is 0 Å². The van der Waals surface area contributed by atoms with Gasteiger partial charge in [-0.2, -0.15) is 0 Å². The first-order valence-corrected chi connectivity index (χ1v) is 14.6. The van der Waals surface area contributed by atoms with Crippen molar-refractivity contribution in [2.45, 2.75) is 104 Å². The van der Waals surface area contributed by atoms with E-state index < -0.39 is 24.1 Å². The third-order valence-electron chi connectivity index (χ3n) is 5.37. The van der Waals surface area contributed by atoms with E-state index >= 15 is 0 Å². The zero-order chi connectivity index (χ0) is 29.5. The molecule has 2 amide bonds. The van der Waals surface area contributed by atoms with Gasteiger partial charge in [0, 0.05) is 12.8 Å². The van der Waals surface area contributed by atoms with E-state index in [9.17, 15) is 19.2 Å². The molecule has 226 valence electrons. The van der Waals surface area contributed by atoms with Gasteiger partial charge in [0.15, 0.2) is 0 Å². The predicted molar refractivity (Wildman–Crippen MR) is 152 cm³/mol. The molecule has 0 fully saturated rings. The fourth-order valence-corrected chi connectivity index (χ4v) is 3.03. The van der Waals surface area contributed by atoms with Gasteiger partial charge in [0.25, 0.3) is 0 Å². The molecule has 0 bridgehead atoms. The molecule has 0 aromatic heterocycles. The van der Waals surface area contributed by atoms with Crippen LogP contribution in [0.15, 0.2) is 0 Å². The maximum absolute atomic E-state index is 11.5. The van der Waals surface area contributed by atoms with Gasteiger partial charge in [0.1, 0.15) is 13.1 Å². The number of alkyl carbamates (subject to hydrolysis) is 2. The summed E-state index contributed by atoms with van der Waals surface area (Å²) in [5, 5.41) is 4.77. The minimum atomic E-state index is -0.607. The summed E-state index contributed by atoms with van der Waals surface area (Å²) < 4.78 is 20.0. The van der Waals surface area contributed by atoms with Crippen LogP contribution < -0.4 is 10.6 Å². The van der Waals surface area contributed by atoms with E-state index in [4.69, 9.17) is 18.9 Å². The minimum Gasteiger partial charge on any atom is -0.464 e. The summed E-state index contributed by atoms with van der Waals surface area (Å²) in [6.45, 7) is 5.02. The number of unbranched alkanes of at least 4 members (excludes halogenated alkanes) is 10. The third-order valence-corrected chi connectivity index (χ3v) is 5.37. The minimum absolute atomic E-state index is 0.178. The average molecular weight is 565 g/mol. The molecule has 0 aliphatic carbocycles. The van der Waals surface area contributed by atoms with Gasteiger partial charge in [-0.15, -0.1) is 0 Å². The summed E-state index contributed by atoms with van der Waals surface area (Å²) in [6.07, 6.45) is 11.2. The predicted octanol–water partition coefficient (Wildman–Crippen LogP) is 5.03. The molecule has 40 heavy (non-hydrogen) atoms. The zero-order valence-electron chi connectivity index (χ0n) is 24.4. The molecule has 0 aromatic rings. The monoisotopic (exact) mass is 564 g/mol. The number of nitrogens with one attached hydrogen (secondary N) is 2. The summed E-state index contributed by atoms with van der Waals surface area (Å²) >= 11 is 0. The fraction of sp³-hybridized carbons (Fsp3) is 0.733. The molecule has 0 spiro atoms. The second-order valence-electron chi connectivity index (χ2n) is 9.06. The van der Waals surface area contributed by atoms with Gasteiger partial charge in [-0.3, -0.25) is 9.59 Å². The topological polar surface area (TPSA) is 129 Å². The molecule has 2 N–H and O–H groups in total. The standard InChI is InChI=1S/C30H48N2O8/c1-3-5-21-37-27(33)25-31-29(35)39-23-19-17-15-13-11-9-7-8-10-12-14-16-18-20-24-40-30(36)32-26-28(34)38-22-6-4-2/h3-6,11-26H2,1-2H3,(H,31,35)(H,32,36). The molecule has 10 nitrogen and oxygen atoms in total. The zero-order valence-corrected chi connectivity index (χ0v) is 24.4. The van der Waals surface area contributed by atoms with Gasteiger partial charge in [0.2, 0.25) is 0 Å². The molecule has 0 saturated carbocycles. The summed E-state index contributed by atoms with van der Waals surface area (Å²) in [6, 6.07) is 0. The van der Waals surface area contributed by atoms with Crippen LogP contribution in [0.5, 0.6) is 0 Å². The molecule has 0 rings (SSSR count). The van der Waals surface area contributed by atoms with Crippen molar-refractivity contribution in [1.29, 1.82) is 0 Å². The molecule has 10 heteroatoms. The Morgan fingerprint density at radius 2 is 0.875 bits per heavy atom. The van der Waals surface area contributed by atoms with Crippen LogP contribution in [0.2, 0.25) is 0 Å². The molecule has 0 saturated heterocycles. The first-order chi connectivity index (χ1) is 19.5. The summed E-state index contributed by atoms with van der Waals surface area (Å²) in [4.78, 5) is 45.8. The second kappa shape index (κ2) is 28.6. The van der Waals surface area contributed by atoms with E-state index in [0.717, 1.165) is 89.9 Å². The Bertz CT molecular complexity index is 755. The van der Waals surface area contributed by atoms with Crippen molar-refractivity contribution in [3.8, 4) is 23.7 Å². The molecule has 0 unspecified atom stereocenters. The van der Waals surface area contributed by atoms with Gasteiger partial charge in [-0.1, -0.05) is 64.2 Å². The normalized spacial score (nSPS) is 9.75. The molecule has 0 atom stereocenters. The van der Waals surface area contributed by atoms with Crippen molar-refractivity contribution in [3.05, 3.63) is 0 Å². The summed E-state index contributed by atoms with van der Waals surface area (Å²) in [7, 11) is 0. The van der Waals surface area contributed by atoms with E-state index in [0.29, 0.717) is 26.4 Å². The van der Waals surface area contributed by atoms with Crippen LogP contribution in [0.25, 0.3) is 0 Å². The Morgan fingerprint density at radius 1 is 0.500 bits per heavy atom. The van der Waals surface area contributed by atoms with E-state index in [2.05, 4.69) is 34.3 Å². The highest BCUT2D eigenvalue weighted by atomic mass is 16.6. The highest BCUT2D eigenvalue weighted by Gasteiger charge is 2.08. The molecular formula is C30H48N2O8. The van der Waals surface area contributed by atoms with Crippen LogP contribution in [0.3, 0.4) is 0 Å². The number of carbonyl (C=O) groups is 4. The number of ether oxygens (including phenoxy) is 4. The number of rotatable bonds is 22. The molecular weight excluding hydrogens is 516 g/mol. The molecule has 0 heterocycles. The molecule has 0 aliphatic rings. The summed E-state index contributed by atoms with van der Waals surface area (Å²) in [5.41, 5.74) is 0. The lowest BCUT2D eigenvalue weighted by Gasteiger charge is -2.07. The fourth-order valence-electron chi connectivity index (χ4n) is 3.03. The van der Waals surface area contributed by atoms with E-state index in [1.54, 1.807) is 0 Å². The quantitative estimate of drug-likeness (QED) is 0.0810. The van der Waals surface area contributed by atoms with Crippen molar-refractivity contribution < 1.29 is 38.1 Å². The van der Waals surface area contributed by atoms with Crippen molar-refractivity contribution in [1.82, 2.24) is 10.6 Å². The third kappa shape index (κ3) is 27.6. The first-order valence-electron chi connectivity index (χ1n) is 14.6. The highest BCUT2D eigenvalue weighted by molar-refractivity contribution is 5.78. The average Bonchev–Trinajstić information content (AvgIpc) is 2.94. The van der Waals surface area contributed by atoms with Crippen molar-refractivity contribution in [2.75, 3.05) is 39.5 Å². The lowest BCUT2D eigenvalue weighted by Crippen LogP contribution is -2.31. The maximum atomic E-state index is 11.5. The van der Waals surface area contributed by atoms with Crippen molar-refractivity contribution >= 4 is 24.1 Å². The Morgan fingerprint density at radius 3 is 1.27 bits per heavy atom. The number of amides is 2. The van der Waals surface area contributed by atoms with Crippen LogP contribution in [-0.4, -0.2) is 63.6 Å². The lowest BCUT2D eigenvalue weighted by atomic mass is 10.1. The molecule has 0 aromatic carbocycles. The Hall–Kier alpha value is -3.40. The number of hydrogen-bond acceptors (Lipinski definition) is 8. The number of carbonyl (C=O) groups excluding carboxylic acids is 4. The van der Waals surface area contributed by atoms with Gasteiger partial charge >= 0.3 is 24.1 Å². The molecule has 0 aliphatic heterocycles. The first kappa shape index (κ1) is 36.6. The number of hydrogen-bond donors (Lipinski definition) is 2. The summed E-state index contributed by atoms with van der Waals surface area (Å²) in [5.74, 6) is 10.9. The Labute approximate surface area is 240 Å². The van der Waals surface area contributed by atoms with Gasteiger partial charge in [-0.25, -0.2) is 9.59 Å². The van der Waals surface area contributed by atoms with E-state index in [1.807, 2.05) is 13.8 Å². The molecule has 0 radical (unpaired) electrons. The van der Waals surface area contributed by atoms with Crippen LogP contribution in [-0.2, 0) is 28.5 Å². The highest BCUT2D eigenvalue weighted by Crippen LogP contribution is 2.04. The van der Waals surface area contributed by atoms with Crippen LogP contribution in [0.1, 0.15) is 104 Å². The number of esters is 2. The Balaban J connectivity index is 3.49. The van der Waals surface area contributed by atoms with Gasteiger partial charge in [0.05, 0.1) is 26.4 Å². The van der Waals surface area contributed by atoms with Crippen LogP contribution >= 0.6 is 0 Å². The van der Waals surface area contributed by atoms with E-state index in [-0.39, 0.29) is 13.1 Å². The second-order valence-corrected chi connectivity index (χ2v) is 9.06. The smallest absolute Gasteiger partial charge is 0.407 e. The largest absolute Gasteiger partial charge is 0.464 e. The maximum Gasteiger partial charge on any atom is 0.407 e. The SMILES string of the molecule is CCCCOC(=O)CNC(=O)OCCCCCCC#CC#CCCCCCCOC(=O)NCC(=O)OCCCC. The van der Waals surface area contributed by atoms with E-state index in [1.165, 1.54) is 0 Å². The van der Waals surface area contributed by atoms with Gasteiger partial charge in [-0.05, 0) is 50.4 Å². The Kier molecular flexibility index (Phi) is 26.2. The van der Waals surface area contributed by atoms with Crippen LogP contribution in [0.4, 0.5) is 9.59 Å².